The van der Waals surface area contributed by atoms with Gasteiger partial charge in [-0.3, -0.25) is 10.1 Å². The van der Waals surface area contributed by atoms with Crippen LogP contribution in [-0.4, -0.2) is 37.1 Å². The van der Waals surface area contributed by atoms with Crippen LogP contribution in [0.1, 0.15) is 102 Å². The van der Waals surface area contributed by atoms with Crippen LogP contribution in [0.25, 0.3) is 10.4 Å². The summed E-state index contributed by atoms with van der Waals surface area (Å²) in [5, 5.41) is 3.69. The fraction of sp³-hybridized carbons (Fsp3) is 0.514. The molecule has 0 radical (unpaired) electrons. The minimum Gasteiger partial charge on any atom is -0.463 e. The second kappa shape index (κ2) is 16.0. The number of carbonyl (C=O) groups is 2. The molecule has 0 unspecified atom stereocenters. The van der Waals surface area contributed by atoms with E-state index in [1.807, 2.05) is 44.2 Å². The number of benzene rings is 2. The van der Waals surface area contributed by atoms with E-state index in [0.717, 1.165) is 60.4 Å². The van der Waals surface area contributed by atoms with Crippen LogP contribution in [-0.2, 0) is 30.9 Å². The molecule has 3 aromatic rings. The lowest BCUT2D eigenvalue weighted by Crippen LogP contribution is -2.40. The van der Waals surface area contributed by atoms with Crippen LogP contribution in [0.5, 0.6) is 0 Å². The van der Waals surface area contributed by atoms with Gasteiger partial charge in [-0.25, -0.2) is 22.9 Å². The third kappa shape index (κ3) is 10.9. The van der Waals surface area contributed by atoms with Crippen molar-refractivity contribution in [1.29, 1.82) is 0 Å². The first-order valence-corrected chi connectivity index (χ1v) is 18.4. The highest BCUT2D eigenvalue weighted by atomic mass is 32.2. The Bertz CT molecular complexity index is 1560. The zero-order chi connectivity index (χ0) is 33.3. The largest absolute Gasteiger partial charge is 0.463 e. The summed E-state index contributed by atoms with van der Waals surface area (Å²) in [5.41, 5.74) is 0.994. The Morgan fingerprint density at radius 1 is 1.02 bits per heavy atom. The summed E-state index contributed by atoms with van der Waals surface area (Å²) in [6.07, 6.45) is 8.82. The number of ether oxygens (including phenoxy) is 2. The number of unbranched alkanes of at least 4 members (excludes halogenated alkanes) is 1. The van der Waals surface area contributed by atoms with Gasteiger partial charge in [0.15, 0.2) is 0 Å². The SMILES string of the molecule is CC(C)OC(=O)CCCCC1CCC(c2ncc(-c3ccc(NC(=O)OCc4ccccc4)cc3S(=O)(=O)NC(C)(C)C)s2)CC1. The van der Waals surface area contributed by atoms with Crippen LogP contribution in [0.4, 0.5) is 10.5 Å². The topological polar surface area (TPSA) is 124 Å². The summed E-state index contributed by atoms with van der Waals surface area (Å²) in [6.45, 7) is 9.20. The van der Waals surface area contributed by atoms with Gasteiger partial charge in [-0.15, -0.1) is 11.3 Å². The standard InChI is InChI=1S/C35H47N3O6S2/c1-24(2)44-32(39)14-10-9-11-25-15-17-27(18-16-25)33-36-22-30(45-33)29-20-19-28(21-31(29)46(41,42)38-35(3,4)5)37-34(40)43-23-26-12-7-6-8-13-26/h6-8,12-13,19-22,24-25,27,38H,9-11,14-18,23H2,1-5H3,(H,37,40). The zero-order valence-electron chi connectivity index (χ0n) is 27.5. The maximum absolute atomic E-state index is 13.6. The average Bonchev–Trinajstić information content (AvgIpc) is 3.48. The van der Waals surface area contributed by atoms with Crippen molar-refractivity contribution in [1.82, 2.24) is 9.71 Å². The van der Waals surface area contributed by atoms with Gasteiger partial charge in [-0.05, 0) is 90.3 Å². The van der Waals surface area contributed by atoms with Crippen molar-refractivity contribution in [2.24, 2.45) is 5.92 Å². The van der Waals surface area contributed by atoms with E-state index in [9.17, 15) is 18.0 Å². The number of carbonyl (C=O) groups excluding carboxylic acids is 2. The number of thiazole rings is 1. The molecule has 250 valence electrons. The van der Waals surface area contributed by atoms with Crippen molar-refractivity contribution in [3.8, 4) is 10.4 Å². The zero-order valence-corrected chi connectivity index (χ0v) is 29.1. The molecule has 1 amide bonds. The van der Waals surface area contributed by atoms with Gasteiger partial charge >= 0.3 is 12.1 Å². The summed E-state index contributed by atoms with van der Waals surface area (Å²) in [5.74, 6) is 0.871. The molecule has 46 heavy (non-hydrogen) atoms. The summed E-state index contributed by atoms with van der Waals surface area (Å²) in [7, 11) is -3.95. The lowest BCUT2D eigenvalue weighted by Gasteiger charge is -2.27. The fourth-order valence-electron chi connectivity index (χ4n) is 5.68. The highest BCUT2D eigenvalue weighted by Crippen LogP contribution is 2.42. The van der Waals surface area contributed by atoms with Crippen LogP contribution < -0.4 is 10.0 Å². The minimum absolute atomic E-state index is 0.0668. The Hall–Kier alpha value is -3.28. The van der Waals surface area contributed by atoms with E-state index in [2.05, 4.69) is 10.0 Å². The van der Waals surface area contributed by atoms with E-state index >= 15 is 0 Å². The van der Waals surface area contributed by atoms with E-state index in [-0.39, 0.29) is 23.6 Å². The number of rotatable bonds is 13. The smallest absolute Gasteiger partial charge is 0.411 e. The third-order valence-electron chi connectivity index (χ3n) is 7.77. The number of nitrogens with one attached hydrogen (secondary N) is 2. The van der Waals surface area contributed by atoms with Gasteiger partial charge in [0.05, 0.1) is 20.9 Å². The Labute approximate surface area is 277 Å². The molecule has 9 nitrogen and oxygen atoms in total. The van der Waals surface area contributed by atoms with E-state index in [1.165, 1.54) is 17.4 Å². The van der Waals surface area contributed by atoms with Gasteiger partial charge in [0.25, 0.3) is 0 Å². The van der Waals surface area contributed by atoms with E-state index in [0.29, 0.717) is 29.5 Å². The van der Waals surface area contributed by atoms with Crippen molar-refractivity contribution < 1.29 is 27.5 Å². The summed E-state index contributed by atoms with van der Waals surface area (Å²) in [6, 6.07) is 14.2. The summed E-state index contributed by atoms with van der Waals surface area (Å²) < 4.78 is 40.6. The molecule has 1 aliphatic carbocycles. The van der Waals surface area contributed by atoms with Crippen LogP contribution in [0.3, 0.4) is 0 Å². The first kappa shape index (κ1) is 35.6. The predicted octanol–water partition coefficient (Wildman–Crippen LogP) is 8.42. The maximum Gasteiger partial charge on any atom is 0.411 e. The van der Waals surface area contributed by atoms with Crippen LogP contribution in [0, 0.1) is 5.92 Å². The number of nitrogens with zero attached hydrogens (tertiary/aromatic N) is 1. The Morgan fingerprint density at radius 2 is 1.74 bits per heavy atom. The highest BCUT2D eigenvalue weighted by molar-refractivity contribution is 7.89. The first-order chi connectivity index (χ1) is 21.8. The van der Waals surface area contributed by atoms with Crippen LogP contribution in [0.2, 0.25) is 0 Å². The van der Waals surface area contributed by atoms with Crippen molar-refractivity contribution in [3.05, 3.63) is 65.3 Å². The van der Waals surface area contributed by atoms with Gasteiger partial charge in [-0.1, -0.05) is 49.2 Å². The summed E-state index contributed by atoms with van der Waals surface area (Å²) in [4.78, 5) is 29.9. The molecule has 1 heterocycles. The molecule has 0 aliphatic heterocycles. The van der Waals surface area contributed by atoms with E-state index in [4.69, 9.17) is 14.5 Å². The molecule has 4 rings (SSSR count). The molecule has 0 atom stereocenters. The number of sulfonamides is 1. The normalized spacial score (nSPS) is 17.1. The van der Waals surface area contributed by atoms with Crippen molar-refractivity contribution in [2.45, 2.75) is 115 Å². The van der Waals surface area contributed by atoms with E-state index in [1.54, 1.807) is 39.1 Å². The number of anilines is 1. The second-order valence-corrected chi connectivity index (χ2v) is 16.0. The van der Waals surface area contributed by atoms with Gasteiger partial charge in [0.2, 0.25) is 10.0 Å². The third-order valence-corrected chi connectivity index (χ3v) is 10.8. The molecule has 2 N–H and O–H groups in total. The summed E-state index contributed by atoms with van der Waals surface area (Å²) >= 11 is 1.53. The maximum atomic E-state index is 13.6. The number of hydrogen-bond donors (Lipinski definition) is 2. The molecule has 2 aromatic carbocycles. The number of aromatic nitrogens is 1. The Morgan fingerprint density at radius 3 is 2.41 bits per heavy atom. The molecular formula is C35H47N3O6S2. The monoisotopic (exact) mass is 669 g/mol. The number of hydrogen-bond acceptors (Lipinski definition) is 8. The predicted molar refractivity (Wildman–Crippen MR) is 182 cm³/mol. The minimum atomic E-state index is -3.95. The van der Waals surface area contributed by atoms with Gasteiger partial charge in [0.1, 0.15) is 6.61 Å². The highest BCUT2D eigenvalue weighted by Gasteiger charge is 2.28. The Kier molecular flexibility index (Phi) is 12.4. The molecule has 1 fully saturated rings. The lowest BCUT2D eigenvalue weighted by atomic mass is 9.80. The van der Waals surface area contributed by atoms with Crippen LogP contribution in [0.15, 0.2) is 59.6 Å². The number of esters is 1. The molecule has 11 heteroatoms. The average molecular weight is 670 g/mol. The van der Waals surface area contributed by atoms with Gasteiger partial charge in [-0.2, -0.15) is 0 Å². The molecule has 1 aromatic heterocycles. The fourth-order valence-corrected chi connectivity index (χ4v) is 8.54. The Balaban J connectivity index is 1.41. The van der Waals surface area contributed by atoms with Crippen molar-refractivity contribution >= 4 is 39.1 Å². The number of amides is 1. The molecule has 1 saturated carbocycles. The molecule has 0 saturated heterocycles. The molecule has 0 bridgehead atoms. The van der Waals surface area contributed by atoms with Crippen molar-refractivity contribution in [2.75, 3.05) is 5.32 Å². The first-order valence-electron chi connectivity index (χ1n) is 16.1. The van der Waals surface area contributed by atoms with Gasteiger partial charge < -0.3 is 9.47 Å². The van der Waals surface area contributed by atoms with Gasteiger partial charge in [0, 0.05) is 35.3 Å². The van der Waals surface area contributed by atoms with Crippen LogP contribution >= 0.6 is 11.3 Å². The molecule has 0 spiro atoms. The van der Waals surface area contributed by atoms with Crippen molar-refractivity contribution in [3.63, 3.8) is 0 Å². The quantitative estimate of drug-likeness (QED) is 0.138. The molecular weight excluding hydrogens is 623 g/mol. The molecule has 1 aliphatic rings. The lowest BCUT2D eigenvalue weighted by molar-refractivity contribution is -0.147. The van der Waals surface area contributed by atoms with E-state index < -0.39 is 21.7 Å². The second-order valence-electron chi connectivity index (χ2n) is 13.3.